The number of nitrogens with zero attached hydrogens (tertiary/aromatic N) is 1. The van der Waals surface area contributed by atoms with Gasteiger partial charge in [-0.25, -0.2) is 18.1 Å². The van der Waals surface area contributed by atoms with Crippen LogP contribution in [0.2, 0.25) is 0 Å². The highest BCUT2D eigenvalue weighted by Crippen LogP contribution is 2.24. The zero-order chi connectivity index (χ0) is 15.9. The summed E-state index contributed by atoms with van der Waals surface area (Å²) < 4.78 is 25.2. The Balaban J connectivity index is 2.54. The topological polar surface area (TPSA) is 126 Å². The van der Waals surface area contributed by atoms with Crippen molar-refractivity contribution in [1.29, 1.82) is 0 Å². The first-order valence-electron chi connectivity index (χ1n) is 6.65. The fraction of sp³-hybridized carbons (Fsp3) is 0.636. The molecule has 1 aromatic heterocycles. The maximum atomic E-state index is 11.9. The molecule has 8 nitrogen and oxygen atoms in total. The first-order valence-corrected chi connectivity index (χ1v) is 9.12. The summed E-state index contributed by atoms with van der Waals surface area (Å²) in [5, 5.41) is 6.16. The molecule has 0 unspecified atom stereocenters. The van der Waals surface area contributed by atoms with Gasteiger partial charge in [0.05, 0.1) is 5.75 Å². The lowest BCUT2D eigenvalue weighted by Gasteiger charge is -2.05. The van der Waals surface area contributed by atoms with Gasteiger partial charge in [-0.15, -0.1) is 0 Å². The lowest BCUT2D eigenvalue weighted by molar-refractivity contribution is 0.0961. The van der Waals surface area contributed by atoms with Gasteiger partial charge in [-0.05, 0) is 6.42 Å². The van der Waals surface area contributed by atoms with Gasteiger partial charge in [-0.3, -0.25) is 4.79 Å². The summed E-state index contributed by atoms with van der Waals surface area (Å²) in [6.45, 7) is 4.80. The minimum atomic E-state index is -3.35. The van der Waals surface area contributed by atoms with Gasteiger partial charge >= 0.3 is 0 Å². The van der Waals surface area contributed by atoms with Crippen LogP contribution in [0.15, 0.2) is 0 Å². The summed E-state index contributed by atoms with van der Waals surface area (Å²) in [5.74, 6) is -0.446. The third-order valence-electron chi connectivity index (χ3n) is 2.41. The molecule has 1 amide bonds. The molecule has 120 valence electrons. The third kappa shape index (κ3) is 5.86. The molecule has 0 spiro atoms. The van der Waals surface area contributed by atoms with Crippen molar-refractivity contribution in [3.63, 3.8) is 0 Å². The smallest absolute Gasteiger partial charge is 0.265 e. The van der Waals surface area contributed by atoms with Gasteiger partial charge < -0.3 is 16.4 Å². The summed E-state index contributed by atoms with van der Waals surface area (Å²) in [4.78, 5) is 16.3. The van der Waals surface area contributed by atoms with Crippen molar-refractivity contribution in [2.45, 2.75) is 20.3 Å². The van der Waals surface area contributed by atoms with Crippen LogP contribution in [0.1, 0.15) is 29.9 Å². The number of carbonyl (C=O) groups excluding carboxylic acids is 1. The van der Waals surface area contributed by atoms with Crippen molar-refractivity contribution in [1.82, 2.24) is 15.0 Å². The van der Waals surface area contributed by atoms with E-state index in [9.17, 15) is 13.2 Å². The summed E-state index contributed by atoms with van der Waals surface area (Å²) in [7, 11) is -3.35. The van der Waals surface area contributed by atoms with Gasteiger partial charge in [0, 0.05) is 19.6 Å². The van der Waals surface area contributed by atoms with Crippen LogP contribution in [0.25, 0.3) is 0 Å². The SMILES string of the molecule is CCCNc1nc(N)c(C(=O)NCCS(=O)(=O)NCC)s1. The molecule has 1 rings (SSSR count). The largest absolute Gasteiger partial charge is 0.382 e. The highest BCUT2D eigenvalue weighted by Gasteiger charge is 2.16. The van der Waals surface area contributed by atoms with E-state index in [0.717, 1.165) is 24.3 Å². The lowest BCUT2D eigenvalue weighted by Crippen LogP contribution is -2.34. The number of nitrogens with one attached hydrogen (secondary N) is 3. The number of carbonyl (C=O) groups is 1. The second-order valence-electron chi connectivity index (χ2n) is 4.23. The van der Waals surface area contributed by atoms with Gasteiger partial charge in [0.1, 0.15) is 10.7 Å². The minimum Gasteiger partial charge on any atom is -0.382 e. The van der Waals surface area contributed by atoms with Gasteiger partial charge in [-0.2, -0.15) is 0 Å². The Hall–Kier alpha value is -1.39. The second kappa shape index (κ2) is 8.15. The fourth-order valence-corrected chi connectivity index (χ4v) is 3.26. The zero-order valence-corrected chi connectivity index (χ0v) is 13.7. The summed E-state index contributed by atoms with van der Waals surface area (Å²) in [5.41, 5.74) is 5.69. The zero-order valence-electron chi connectivity index (χ0n) is 12.1. The molecule has 0 aromatic carbocycles. The average molecular weight is 335 g/mol. The Morgan fingerprint density at radius 3 is 2.67 bits per heavy atom. The van der Waals surface area contributed by atoms with Crippen LogP contribution in [0.4, 0.5) is 10.9 Å². The number of nitrogens with two attached hydrogens (primary N) is 1. The Morgan fingerprint density at radius 2 is 2.05 bits per heavy atom. The molecule has 0 aliphatic rings. The van der Waals surface area contributed by atoms with Crippen molar-refractivity contribution in [2.75, 3.05) is 36.4 Å². The van der Waals surface area contributed by atoms with E-state index in [4.69, 9.17) is 5.73 Å². The average Bonchev–Trinajstić information content (AvgIpc) is 2.77. The number of hydrogen-bond acceptors (Lipinski definition) is 7. The molecule has 0 fully saturated rings. The Kier molecular flexibility index (Phi) is 6.85. The summed E-state index contributed by atoms with van der Waals surface area (Å²) in [6.07, 6.45) is 0.934. The van der Waals surface area contributed by atoms with E-state index in [-0.39, 0.29) is 23.0 Å². The normalized spacial score (nSPS) is 11.3. The molecule has 0 aliphatic carbocycles. The Labute approximate surface area is 128 Å². The Morgan fingerprint density at radius 1 is 1.33 bits per heavy atom. The molecule has 10 heteroatoms. The van der Waals surface area contributed by atoms with Crippen LogP contribution < -0.4 is 21.1 Å². The standard InChI is InChI=1S/C11H21N5O3S2/c1-3-5-14-11-16-9(12)8(20-11)10(17)13-6-7-21(18,19)15-4-2/h15H,3-7,12H2,1-2H3,(H,13,17)(H,14,16). The maximum absolute atomic E-state index is 11.9. The van der Waals surface area contributed by atoms with Crippen LogP contribution in [0.3, 0.4) is 0 Å². The molecule has 1 aromatic rings. The fourth-order valence-electron chi connectivity index (χ4n) is 1.47. The molecule has 5 N–H and O–H groups in total. The monoisotopic (exact) mass is 335 g/mol. The number of thiazole rings is 1. The van der Waals surface area contributed by atoms with Crippen LogP contribution in [0, 0.1) is 0 Å². The lowest BCUT2D eigenvalue weighted by atomic mass is 10.4. The van der Waals surface area contributed by atoms with Gasteiger partial charge in [0.15, 0.2) is 5.13 Å². The van der Waals surface area contributed by atoms with Crippen LogP contribution >= 0.6 is 11.3 Å². The van der Waals surface area contributed by atoms with E-state index in [1.165, 1.54) is 0 Å². The number of hydrogen-bond donors (Lipinski definition) is 4. The van der Waals surface area contributed by atoms with Crippen molar-refractivity contribution >= 4 is 38.2 Å². The first-order chi connectivity index (χ1) is 9.89. The molecule has 0 aliphatic heterocycles. The van der Waals surface area contributed by atoms with Crippen LogP contribution in [-0.2, 0) is 10.0 Å². The summed E-state index contributed by atoms with van der Waals surface area (Å²) in [6, 6.07) is 0. The minimum absolute atomic E-state index is 0.0171. The van der Waals surface area contributed by atoms with E-state index in [2.05, 4.69) is 20.3 Å². The summed E-state index contributed by atoms with van der Waals surface area (Å²) >= 11 is 1.15. The van der Waals surface area contributed by atoms with Crippen molar-refractivity contribution in [3.8, 4) is 0 Å². The highest BCUT2D eigenvalue weighted by molar-refractivity contribution is 7.89. The molecular formula is C11H21N5O3S2. The van der Waals surface area contributed by atoms with E-state index in [1.54, 1.807) is 6.92 Å². The van der Waals surface area contributed by atoms with Gasteiger partial charge in [0.2, 0.25) is 10.0 Å². The van der Waals surface area contributed by atoms with E-state index in [0.29, 0.717) is 11.7 Å². The predicted octanol–water partition coefficient (Wildman–Crippen LogP) is 0.216. The van der Waals surface area contributed by atoms with Crippen LogP contribution in [0.5, 0.6) is 0 Å². The highest BCUT2D eigenvalue weighted by atomic mass is 32.2. The number of amides is 1. The van der Waals surface area contributed by atoms with E-state index in [1.807, 2.05) is 6.92 Å². The quantitative estimate of drug-likeness (QED) is 0.511. The van der Waals surface area contributed by atoms with Crippen molar-refractivity contribution in [3.05, 3.63) is 4.88 Å². The maximum Gasteiger partial charge on any atom is 0.265 e. The van der Waals surface area contributed by atoms with Crippen molar-refractivity contribution < 1.29 is 13.2 Å². The number of anilines is 2. The van der Waals surface area contributed by atoms with Gasteiger partial charge in [0.25, 0.3) is 5.91 Å². The second-order valence-corrected chi connectivity index (χ2v) is 7.16. The molecule has 21 heavy (non-hydrogen) atoms. The third-order valence-corrected chi connectivity index (χ3v) is 4.90. The van der Waals surface area contributed by atoms with E-state index >= 15 is 0 Å². The van der Waals surface area contributed by atoms with E-state index < -0.39 is 15.9 Å². The first kappa shape index (κ1) is 17.7. The van der Waals surface area contributed by atoms with Crippen LogP contribution in [-0.4, -0.2) is 44.7 Å². The molecule has 0 radical (unpaired) electrons. The Bertz CT molecular complexity index is 570. The van der Waals surface area contributed by atoms with Crippen molar-refractivity contribution in [2.24, 2.45) is 0 Å². The molecular weight excluding hydrogens is 314 g/mol. The van der Waals surface area contributed by atoms with Gasteiger partial charge in [-0.1, -0.05) is 25.2 Å². The molecule has 0 saturated heterocycles. The molecule has 0 saturated carbocycles. The molecule has 0 atom stereocenters. The number of sulfonamides is 1. The molecule has 0 bridgehead atoms. The molecule has 1 heterocycles. The number of nitrogen functional groups attached to an aromatic ring is 1. The predicted molar refractivity (Wildman–Crippen MR) is 85.1 cm³/mol. The number of rotatable bonds is 9. The number of aromatic nitrogens is 1.